The van der Waals surface area contributed by atoms with Crippen molar-refractivity contribution in [1.82, 2.24) is 9.97 Å². The third-order valence-corrected chi connectivity index (χ3v) is 2.07. The van der Waals surface area contributed by atoms with Crippen LogP contribution < -0.4 is 16.0 Å². The predicted octanol–water partition coefficient (Wildman–Crippen LogP) is 1.12. The summed E-state index contributed by atoms with van der Waals surface area (Å²) in [5, 5.41) is 0. The first kappa shape index (κ1) is 12.3. The first-order valence-electron chi connectivity index (χ1n) is 5.16. The van der Waals surface area contributed by atoms with Gasteiger partial charge in [-0.1, -0.05) is 19.3 Å². The molecule has 5 nitrogen and oxygen atoms in total. The lowest BCUT2D eigenvalue weighted by Gasteiger charge is -2.14. The average Bonchev–Trinajstić information content (AvgIpc) is 2.31. The van der Waals surface area contributed by atoms with Crippen LogP contribution in [-0.4, -0.2) is 16.1 Å². The summed E-state index contributed by atoms with van der Waals surface area (Å²) in [7, 11) is 0. The average molecular weight is 220 g/mol. The van der Waals surface area contributed by atoms with Gasteiger partial charge in [0.2, 0.25) is 5.88 Å². The summed E-state index contributed by atoms with van der Waals surface area (Å²) < 4.78 is 5.51. The maximum atomic E-state index is 5.51. The van der Waals surface area contributed by atoms with Crippen molar-refractivity contribution in [3.05, 3.63) is 11.9 Å². The van der Waals surface area contributed by atoms with Gasteiger partial charge in [-0.3, -0.25) is 0 Å². The van der Waals surface area contributed by atoms with E-state index in [2.05, 4.69) is 28.2 Å². The molecule has 3 N–H and O–H groups in total. The first-order valence-corrected chi connectivity index (χ1v) is 5.16. The molecule has 0 radical (unpaired) electrons. The molecule has 0 saturated heterocycles. The van der Waals surface area contributed by atoms with E-state index in [4.69, 9.17) is 17.0 Å². The second-order valence-corrected chi connectivity index (χ2v) is 3.33. The van der Waals surface area contributed by atoms with Crippen molar-refractivity contribution in [2.24, 2.45) is 5.84 Å². The topological polar surface area (TPSA) is 73.1 Å². The molecule has 16 heavy (non-hydrogen) atoms. The van der Waals surface area contributed by atoms with Crippen LogP contribution in [0.2, 0.25) is 0 Å². The number of hydrogen-bond donors (Lipinski definition) is 2. The monoisotopic (exact) mass is 220 g/mol. The van der Waals surface area contributed by atoms with E-state index in [9.17, 15) is 0 Å². The summed E-state index contributed by atoms with van der Waals surface area (Å²) >= 11 is 0. The fourth-order valence-corrected chi connectivity index (χ4v) is 1.30. The van der Waals surface area contributed by atoms with Gasteiger partial charge >= 0.3 is 0 Å². The van der Waals surface area contributed by atoms with E-state index in [0.29, 0.717) is 11.7 Å². The van der Waals surface area contributed by atoms with Gasteiger partial charge in [-0.2, -0.15) is 0 Å². The minimum Gasteiger partial charge on any atom is -0.461 e. The van der Waals surface area contributed by atoms with Crippen LogP contribution >= 0.6 is 0 Å². The zero-order valence-corrected chi connectivity index (χ0v) is 9.53. The van der Waals surface area contributed by atoms with Crippen LogP contribution in [0.4, 0.5) is 5.82 Å². The number of anilines is 1. The van der Waals surface area contributed by atoms with Crippen LogP contribution in [0.15, 0.2) is 6.33 Å². The highest BCUT2D eigenvalue weighted by Crippen LogP contribution is 2.23. The number of aromatic nitrogens is 2. The number of ether oxygens (including phenoxy) is 1. The smallest absolute Gasteiger partial charge is 0.223 e. The predicted molar refractivity (Wildman–Crippen MR) is 62.8 cm³/mol. The van der Waals surface area contributed by atoms with Gasteiger partial charge in [-0.05, 0) is 13.3 Å². The standard InChI is InChI=1S/C11H16N4O/c1-4-6-9-10(15-12)13-7-14-11(9)16-8(3)5-2/h2,7-8H,4,6,12H2,1,3H3,(H,13,14,15). The van der Waals surface area contributed by atoms with Gasteiger partial charge in [-0.25, -0.2) is 15.8 Å². The Labute approximate surface area is 95.4 Å². The molecule has 1 heterocycles. The molecular weight excluding hydrogens is 204 g/mol. The molecule has 1 rings (SSSR count). The van der Waals surface area contributed by atoms with Crippen LogP contribution in [0.5, 0.6) is 5.88 Å². The fourth-order valence-electron chi connectivity index (χ4n) is 1.30. The molecule has 1 unspecified atom stereocenters. The third-order valence-electron chi connectivity index (χ3n) is 2.07. The Kier molecular flexibility index (Phi) is 4.55. The summed E-state index contributed by atoms with van der Waals surface area (Å²) in [6, 6.07) is 0. The SMILES string of the molecule is C#CC(C)Oc1ncnc(NN)c1CCC. The third kappa shape index (κ3) is 2.84. The van der Waals surface area contributed by atoms with Gasteiger partial charge < -0.3 is 10.2 Å². The van der Waals surface area contributed by atoms with Crippen LogP contribution in [-0.2, 0) is 6.42 Å². The number of rotatable bonds is 5. The molecule has 0 saturated carbocycles. The second-order valence-electron chi connectivity index (χ2n) is 3.33. The molecule has 0 spiro atoms. The molecule has 1 atom stereocenters. The molecule has 0 aliphatic rings. The Morgan fingerprint density at radius 3 is 2.94 bits per heavy atom. The lowest BCUT2D eigenvalue weighted by molar-refractivity contribution is 0.264. The molecular formula is C11H16N4O. The van der Waals surface area contributed by atoms with Crippen molar-refractivity contribution in [2.75, 3.05) is 5.43 Å². The van der Waals surface area contributed by atoms with Crippen LogP contribution in [0.3, 0.4) is 0 Å². The maximum Gasteiger partial charge on any atom is 0.223 e. The molecule has 0 bridgehead atoms. The minimum atomic E-state index is -0.323. The molecule has 0 aliphatic heterocycles. The molecule has 1 aromatic heterocycles. The maximum absolute atomic E-state index is 5.51. The lowest BCUT2D eigenvalue weighted by atomic mass is 10.2. The van der Waals surface area contributed by atoms with Gasteiger partial charge in [0.1, 0.15) is 12.1 Å². The van der Waals surface area contributed by atoms with E-state index in [0.717, 1.165) is 18.4 Å². The van der Waals surface area contributed by atoms with Gasteiger partial charge in [0, 0.05) is 0 Å². The van der Waals surface area contributed by atoms with Crippen molar-refractivity contribution in [2.45, 2.75) is 32.8 Å². The molecule has 0 aromatic carbocycles. The Bertz CT molecular complexity index is 386. The molecule has 1 aromatic rings. The van der Waals surface area contributed by atoms with E-state index in [1.54, 1.807) is 6.92 Å². The number of hydrogen-bond acceptors (Lipinski definition) is 5. The Hall–Kier alpha value is -1.80. The van der Waals surface area contributed by atoms with Crippen LogP contribution in [0.1, 0.15) is 25.8 Å². The number of hydrazine groups is 1. The molecule has 0 aliphatic carbocycles. The normalized spacial score (nSPS) is 11.6. The second kappa shape index (κ2) is 5.93. The van der Waals surface area contributed by atoms with Crippen molar-refractivity contribution in [3.8, 4) is 18.2 Å². The number of nitrogens with zero attached hydrogens (tertiary/aromatic N) is 2. The van der Waals surface area contributed by atoms with E-state index in [-0.39, 0.29) is 6.10 Å². The van der Waals surface area contributed by atoms with E-state index in [1.807, 2.05) is 0 Å². The van der Waals surface area contributed by atoms with Crippen molar-refractivity contribution in [1.29, 1.82) is 0 Å². The van der Waals surface area contributed by atoms with E-state index in [1.165, 1.54) is 6.33 Å². The van der Waals surface area contributed by atoms with Gasteiger partial charge in [0.15, 0.2) is 6.10 Å². The molecule has 0 fully saturated rings. The summed E-state index contributed by atoms with van der Waals surface area (Å²) in [5.74, 6) is 8.94. The van der Waals surface area contributed by atoms with Crippen molar-refractivity contribution < 1.29 is 4.74 Å². The molecule has 86 valence electrons. The number of nitrogens with two attached hydrogens (primary N) is 1. The van der Waals surface area contributed by atoms with Gasteiger partial charge in [0.05, 0.1) is 5.56 Å². The summed E-state index contributed by atoms with van der Waals surface area (Å²) in [5.41, 5.74) is 3.39. The Morgan fingerprint density at radius 1 is 1.62 bits per heavy atom. The van der Waals surface area contributed by atoms with Crippen molar-refractivity contribution >= 4 is 5.82 Å². The minimum absolute atomic E-state index is 0.323. The van der Waals surface area contributed by atoms with E-state index < -0.39 is 0 Å². The fraction of sp³-hybridized carbons (Fsp3) is 0.455. The van der Waals surface area contributed by atoms with Crippen LogP contribution in [0, 0.1) is 12.3 Å². The summed E-state index contributed by atoms with van der Waals surface area (Å²) in [4.78, 5) is 8.10. The summed E-state index contributed by atoms with van der Waals surface area (Å²) in [6.07, 6.45) is 8.06. The molecule has 0 amide bonds. The highest BCUT2D eigenvalue weighted by atomic mass is 16.5. The molecule has 5 heteroatoms. The summed E-state index contributed by atoms with van der Waals surface area (Å²) in [6.45, 7) is 3.84. The zero-order valence-electron chi connectivity index (χ0n) is 9.53. The van der Waals surface area contributed by atoms with Crippen molar-refractivity contribution in [3.63, 3.8) is 0 Å². The number of nitrogen functional groups attached to an aromatic ring is 1. The first-order chi connectivity index (χ1) is 7.72. The van der Waals surface area contributed by atoms with Gasteiger partial charge in [0.25, 0.3) is 0 Å². The highest BCUT2D eigenvalue weighted by molar-refractivity contribution is 5.47. The number of terminal acetylenes is 1. The highest BCUT2D eigenvalue weighted by Gasteiger charge is 2.12. The quantitative estimate of drug-likeness (QED) is 0.442. The zero-order chi connectivity index (χ0) is 12.0. The largest absolute Gasteiger partial charge is 0.461 e. The van der Waals surface area contributed by atoms with Gasteiger partial charge in [-0.15, -0.1) is 6.42 Å². The van der Waals surface area contributed by atoms with E-state index >= 15 is 0 Å². The lowest BCUT2D eigenvalue weighted by Crippen LogP contribution is -2.16. The Morgan fingerprint density at radius 2 is 2.38 bits per heavy atom. The number of nitrogens with one attached hydrogen (secondary N) is 1. The van der Waals surface area contributed by atoms with Crippen LogP contribution in [0.25, 0.3) is 0 Å². The Balaban J connectivity index is 3.02.